The van der Waals surface area contributed by atoms with Crippen molar-refractivity contribution in [3.05, 3.63) is 47.1 Å². The zero-order valence-corrected chi connectivity index (χ0v) is 17.0. The fraction of sp³-hybridized carbons (Fsp3) is 0.565. The average molecular weight is 387 g/mol. The van der Waals surface area contributed by atoms with Crippen molar-refractivity contribution >= 4 is 23.2 Å². The highest BCUT2D eigenvalue weighted by molar-refractivity contribution is 6.33. The van der Waals surface area contributed by atoms with Gasteiger partial charge in [0.05, 0.1) is 0 Å². The van der Waals surface area contributed by atoms with E-state index < -0.39 is 16.4 Å². The second-order valence-corrected chi connectivity index (χ2v) is 9.71. The molecule has 3 nitrogen and oxygen atoms in total. The van der Waals surface area contributed by atoms with Gasteiger partial charge in [-0.1, -0.05) is 44.7 Å². The van der Waals surface area contributed by atoms with Gasteiger partial charge in [-0.3, -0.25) is 9.59 Å². The second kappa shape index (κ2) is 5.55. The lowest BCUT2D eigenvalue weighted by Crippen LogP contribution is -2.56. The molecule has 0 bridgehead atoms. The minimum atomic E-state index is -1.26. The lowest BCUT2D eigenvalue weighted by molar-refractivity contribution is -0.156. The topological polar surface area (TPSA) is 54.4 Å². The monoisotopic (exact) mass is 386 g/mol. The van der Waals surface area contributed by atoms with E-state index in [9.17, 15) is 14.7 Å². The summed E-state index contributed by atoms with van der Waals surface area (Å²) in [4.78, 5) is 24.6. The van der Waals surface area contributed by atoms with Gasteiger partial charge in [0, 0.05) is 21.4 Å². The van der Waals surface area contributed by atoms with Crippen molar-refractivity contribution in [3.63, 3.8) is 0 Å². The van der Waals surface area contributed by atoms with Crippen LogP contribution in [0.5, 0.6) is 0 Å². The summed E-state index contributed by atoms with van der Waals surface area (Å²) in [5, 5.41) is 11.8. The standard InChI is InChI=1S/C23H27ClO3/c1-12-13(2)22(5)17-6-8-21(4)16(7-9-23(21,27)14(3)25)15(17)10-19(24)18(22)11-20(12)26/h10-11,15-17,27H,1-2,6-9H2,3-5H3/t15-,16-,17-,21-,22+,23-/m0/s1. The molecule has 144 valence electrons. The Morgan fingerprint density at radius 2 is 1.85 bits per heavy atom. The van der Waals surface area contributed by atoms with Crippen molar-refractivity contribution < 1.29 is 14.7 Å². The number of rotatable bonds is 1. The third-order valence-corrected chi connectivity index (χ3v) is 8.86. The summed E-state index contributed by atoms with van der Waals surface area (Å²) in [5.41, 5.74) is -0.0750. The van der Waals surface area contributed by atoms with Gasteiger partial charge >= 0.3 is 0 Å². The summed E-state index contributed by atoms with van der Waals surface area (Å²) in [6, 6.07) is 0. The molecule has 0 spiro atoms. The van der Waals surface area contributed by atoms with Crippen molar-refractivity contribution in [1.29, 1.82) is 0 Å². The fourth-order valence-electron chi connectivity index (χ4n) is 6.69. The first-order chi connectivity index (χ1) is 12.5. The highest BCUT2D eigenvalue weighted by Crippen LogP contribution is 2.68. The SMILES string of the molecule is C=C1C(=C)[C@@]2(C)C(=CC1=O)C(Cl)=C[C@@H]1[C@@H]2CC[C@@]2(C)[C@H]1CC[C@]2(O)C(C)=O. The van der Waals surface area contributed by atoms with Crippen LogP contribution in [0, 0.1) is 28.6 Å². The Bertz CT molecular complexity index is 865. The van der Waals surface area contributed by atoms with Gasteiger partial charge in [0.2, 0.25) is 0 Å². The van der Waals surface area contributed by atoms with E-state index in [1.165, 1.54) is 6.92 Å². The molecular weight excluding hydrogens is 360 g/mol. The van der Waals surface area contributed by atoms with E-state index in [-0.39, 0.29) is 29.3 Å². The van der Waals surface area contributed by atoms with Crippen LogP contribution in [0.15, 0.2) is 47.1 Å². The van der Waals surface area contributed by atoms with Gasteiger partial charge in [-0.2, -0.15) is 0 Å². The highest BCUT2D eigenvalue weighted by atomic mass is 35.5. The summed E-state index contributed by atoms with van der Waals surface area (Å²) in [6.07, 6.45) is 6.63. The minimum absolute atomic E-state index is 0.120. The van der Waals surface area contributed by atoms with E-state index >= 15 is 0 Å². The van der Waals surface area contributed by atoms with E-state index in [2.05, 4.69) is 33.1 Å². The van der Waals surface area contributed by atoms with Gasteiger partial charge in [-0.05, 0) is 67.6 Å². The molecule has 0 aliphatic heterocycles. The number of ketones is 2. The largest absolute Gasteiger partial charge is 0.382 e. The smallest absolute Gasteiger partial charge is 0.185 e. The maximum absolute atomic E-state index is 12.3. The molecule has 1 N–H and O–H groups in total. The first-order valence-electron chi connectivity index (χ1n) is 9.74. The van der Waals surface area contributed by atoms with E-state index in [1.54, 1.807) is 6.08 Å². The average Bonchev–Trinajstić information content (AvgIpc) is 2.89. The zero-order valence-electron chi connectivity index (χ0n) is 16.3. The molecule has 4 heteroatoms. The van der Waals surface area contributed by atoms with Gasteiger partial charge < -0.3 is 5.11 Å². The Labute approximate surface area is 165 Å². The third-order valence-electron chi connectivity index (χ3n) is 8.53. The number of allylic oxidation sites excluding steroid dienone is 6. The highest BCUT2D eigenvalue weighted by Gasteiger charge is 2.65. The number of hydrogen-bond acceptors (Lipinski definition) is 3. The van der Waals surface area contributed by atoms with Gasteiger partial charge in [-0.15, -0.1) is 0 Å². The molecule has 4 aliphatic rings. The Morgan fingerprint density at radius 3 is 2.48 bits per heavy atom. The van der Waals surface area contributed by atoms with Crippen LogP contribution in [-0.4, -0.2) is 22.3 Å². The molecule has 0 radical (unpaired) electrons. The van der Waals surface area contributed by atoms with Gasteiger partial charge in [-0.25, -0.2) is 0 Å². The summed E-state index contributed by atoms with van der Waals surface area (Å²) >= 11 is 6.69. The van der Waals surface area contributed by atoms with E-state index in [0.29, 0.717) is 17.0 Å². The van der Waals surface area contributed by atoms with Crippen molar-refractivity contribution in [2.45, 2.75) is 52.1 Å². The van der Waals surface area contributed by atoms with Crippen LogP contribution in [0.3, 0.4) is 0 Å². The van der Waals surface area contributed by atoms with Gasteiger partial charge in [0.15, 0.2) is 11.6 Å². The van der Waals surface area contributed by atoms with E-state index in [1.807, 2.05) is 0 Å². The maximum atomic E-state index is 12.3. The number of fused-ring (bicyclic) bond motifs is 5. The predicted molar refractivity (Wildman–Crippen MR) is 106 cm³/mol. The summed E-state index contributed by atoms with van der Waals surface area (Å²) in [5.74, 6) is 0.297. The lowest BCUT2D eigenvalue weighted by Gasteiger charge is -2.57. The van der Waals surface area contributed by atoms with Crippen molar-refractivity contribution in [3.8, 4) is 0 Å². The quantitative estimate of drug-likeness (QED) is 0.674. The van der Waals surface area contributed by atoms with Gasteiger partial charge in [0.1, 0.15) is 5.60 Å². The Kier molecular flexibility index (Phi) is 3.88. The summed E-state index contributed by atoms with van der Waals surface area (Å²) in [6.45, 7) is 13.9. The van der Waals surface area contributed by atoms with Crippen molar-refractivity contribution in [2.24, 2.45) is 28.6 Å². The Hall–Kier alpha value is -1.45. The van der Waals surface area contributed by atoms with Crippen LogP contribution in [0.2, 0.25) is 0 Å². The molecule has 2 fully saturated rings. The molecule has 0 heterocycles. The molecule has 0 amide bonds. The Balaban J connectivity index is 1.86. The van der Waals surface area contributed by atoms with E-state index in [4.69, 9.17) is 11.6 Å². The van der Waals surface area contributed by atoms with Crippen LogP contribution in [0.25, 0.3) is 0 Å². The van der Waals surface area contributed by atoms with Crippen LogP contribution in [0.1, 0.15) is 46.5 Å². The minimum Gasteiger partial charge on any atom is -0.382 e. The van der Waals surface area contributed by atoms with E-state index in [0.717, 1.165) is 30.4 Å². The number of hydrogen-bond donors (Lipinski definition) is 1. The first-order valence-corrected chi connectivity index (χ1v) is 10.1. The number of halogens is 1. The number of carbonyl (C=O) groups excluding carboxylic acids is 2. The lowest BCUT2D eigenvalue weighted by atomic mass is 9.47. The van der Waals surface area contributed by atoms with Crippen LogP contribution in [0.4, 0.5) is 0 Å². The predicted octanol–water partition coefficient (Wildman–Crippen LogP) is 4.51. The molecule has 0 aromatic rings. The van der Waals surface area contributed by atoms with Crippen LogP contribution in [-0.2, 0) is 9.59 Å². The van der Waals surface area contributed by atoms with Crippen molar-refractivity contribution in [2.75, 3.05) is 0 Å². The third kappa shape index (κ3) is 2.08. The van der Waals surface area contributed by atoms with Crippen LogP contribution < -0.4 is 0 Å². The zero-order chi connectivity index (χ0) is 19.9. The number of aliphatic hydroxyl groups is 1. The van der Waals surface area contributed by atoms with Crippen molar-refractivity contribution in [1.82, 2.24) is 0 Å². The first kappa shape index (κ1) is 18.9. The second-order valence-electron chi connectivity index (χ2n) is 9.30. The number of carbonyl (C=O) groups is 2. The number of Topliss-reactive ketones (excluding diaryl/α,β-unsaturated/α-hetero) is 1. The molecule has 0 unspecified atom stereocenters. The molecule has 0 aromatic carbocycles. The Morgan fingerprint density at radius 1 is 1.22 bits per heavy atom. The fourth-order valence-corrected chi connectivity index (χ4v) is 7.09. The molecule has 4 aliphatic carbocycles. The molecule has 4 rings (SSSR count). The summed E-state index contributed by atoms with van der Waals surface area (Å²) < 4.78 is 0. The molecule has 0 aromatic heterocycles. The molecule has 2 saturated carbocycles. The summed E-state index contributed by atoms with van der Waals surface area (Å²) in [7, 11) is 0. The molecular formula is C23H27ClO3. The van der Waals surface area contributed by atoms with Crippen LogP contribution >= 0.6 is 11.6 Å². The van der Waals surface area contributed by atoms with Gasteiger partial charge in [0.25, 0.3) is 0 Å². The molecule has 6 atom stereocenters. The molecule has 0 saturated heterocycles. The molecule has 27 heavy (non-hydrogen) atoms. The normalized spacial score (nSPS) is 46.3. The maximum Gasteiger partial charge on any atom is 0.185 e.